The van der Waals surface area contributed by atoms with Crippen molar-refractivity contribution in [2.45, 2.75) is 329 Å². The number of hydrogen-bond donors (Lipinski definition) is 0. The summed E-state index contributed by atoms with van der Waals surface area (Å²) in [6, 6.07) is 0. The number of ether oxygens (including phenoxy) is 3. The molecule has 0 aromatic heterocycles. The first-order valence-electron chi connectivity index (χ1n) is 28.7. The number of allylic oxidation sites excluding steroid dienone is 2. The molecule has 6 heteroatoms. The molecule has 0 rings (SSSR count). The van der Waals surface area contributed by atoms with Crippen LogP contribution in [0.3, 0.4) is 0 Å². The fourth-order valence-corrected chi connectivity index (χ4v) is 8.66. The standard InChI is InChI=1S/C58H110O6/c1-4-7-10-13-15-17-19-20-21-22-23-24-25-26-27-28-29-30-31-32-33-34-35-36-37-39-40-42-45-48-51-57(60)63-54-55(53-62-56(59)50-47-44-12-9-6-3)64-58(61)52-49-46-43-41-38-18-16-14-11-8-5-2/h14,16,55H,4-13,15,17-54H2,1-3H3/b16-14-. The molecule has 378 valence electrons. The van der Waals surface area contributed by atoms with E-state index in [-0.39, 0.29) is 31.1 Å². The molecule has 1 unspecified atom stereocenters. The second kappa shape index (κ2) is 53.8. The molecule has 0 heterocycles. The summed E-state index contributed by atoms with van der Waals surface area (Å²) < 4.78 is 16.7. The zero-order chi connectivity index (χ0) is 46.5. The maximum absolute atomic E-state index is 12.7. The highest BCUT2D eigenvalue weighted by molar-refractivity contribution is 5.71. The molecular formula is C58H110O6. The van der Waals surface area contributed by atoms with Gasteiger partial charge < -0.3 is 14.2 Å². The Morgan fingerprint density at radius 2 is 0.531 bits per heavy atom. The summed E-state index contributed by atoms with van der Waals surface area (Å²) in [5.41, 5.74) is 0. The molecule has 1 atom stereocenters. The van der Waals surface area contributed by atoms with Crippen molar-refractivity contribution in [1.29, 1.82) is 0 Å². The molecule has 0 aromatic carbocycles. The highest BCUT2D eigenvalue weighted by atomic mass is 16.6. The Bertz CT molecular complexity index is 993. The Balaban J connectivity index is 3.85. The predicted octanol–water partition coefficient (Wildman–Crippen LogP) is 18.9. The van der Waals surface area contributed by atoms with Gasteiger partial charge in [0.2, 0.25) is 0 Å². The van der Waals surface area contributed by atoms with Gasteiger partial charge in [0.1, 0.15) is 13.2 Å². The summed E-state index contributed by atoms with van der Waals surface area (Å²) in [5.74, 6) is -0.879. The number of unbranched alkanes of at least 4 members (excludes halogenated alkanes) is 40. The molecule has 0 N–H and O–H groups in total. The van der Waals surface area contributed by atoms with Crippen molar-refractivity contribution in [3.05, 3.63) is 12.2 Å². The monoisotopic (exact) mass is 903 g/mol. The molecule has 0 amide bonds. The van der Waals surface area contributed by atoms with Crippen LogP contribution >= 0.6 is 0 Å². The number of carbonyl (C=O) groups excluding carboxylic acids is 3. The SMILES string of the molecule is CCCC/C=C\CCCCCCCC(=O)OC(COC(=O)CCCCCCC)COC(=O)CCCCCCCCCCCCCCCCCCCCCCCCCCCCCCCC. The van der Waals surface area contributed by atoms with E-state index in [4.69, 9.17) is 14.2 Å². The van der Waals surface area contributed by atoms with Crippen LogP contribution in [0.1, 0.15) is 323 Å². The number of hydrogen-bond acceptors (Lipinski definition) is 6. The van der Waals surface area contributed by atoms with Gasteiger partial charge in [0, 0.05) is 19.3 Å². The number of rotatable bonds is 53. The number of carbonyl (C=O) groups is 3. The number of esters is 3. The van der Waals surface area contributed by atoms with Crippen LogP contribution in [0.2, 0.25) is 0 Å². The van der Waals surface area contributed by atoms with Crippen molar-refractivity contribution in [3.63, 3.8) is 0 Å². The van der Waals surface area contributed by atoms with Gasteiger partial charge in [-0.1, -0.05) is 277 Å². The summed E-state index contributed by atoms with van der Waals surface area (Å²) in [6.45, 7) is 6.55. The van der Waals surface area contributed by atoms with Gasteiger partial charge in [-0.25, -0.2) is 0 Å². The fourth-order valence-electron chi connectivity index (χ4n) is 8.66. The molecule has 0 radical (unpaired) electrons. The van der Waals surface area contributed by atoms with Crippen molar-refractivity contribution in [2.75, 3.05) is 13.2 Å². The van der Waals surface area contributed by atoms with E-state index in [0.717, 1.165) is 70.6 Å². The van der Waals surface area contributed by atoms with Gasteiger partial charge in [-0.05, 0) is 38.5 Å². The second-order valence-corrected chi connectivity index (χ2v) is 19.6. The fraction of sp³-hybridized carbons (Fsp3) is 0.914. The lowest BCUT2D eigenvalue weighted by atomic mass is 10.0. The van der Waals surface area contributed by atoms with Crippen LogP contribution in [0, 0.1) is 0 Å². The van der Waals surface area contributed by atoms with Gasteiger partial charge in [0.25, 0.3) is 0 Å². The Hall–Kier alpha value is -1.85. The summed E-state index contributed by atoms with van der Waals surface area (Å²) >= 11 is 0. The van der Waals surface area contributed by atoms with Gasteiger partial charge in [-0.2, -0.15) is 0 Å². The Labute approximate surface area is 399 Å². The minimum Gasteiger partial charge on any atom is -0.462 e. The Morgan fingerprint density at radius 1 is 0.297 bits per heavy atom. The lowest BCUT2D eigenvalue weighted by Crippen LogP contribution is -2.30. The zero-order valence-corrected chi connectivity index (χ0v) is 43.3. The van der Waals surface area contributed by atoms with E-state index in [9.17, 15) is 14.4 Å². The maximum Gasteiger partial charge on any atom is 0.306 e. The third-order valence-corrected chi connectivity index (χ3v) is 13.0. The summed E-state index contributed by atoms with van der Waals surface area (Å²) in [5, 5.41) is 0. The van der Waals surface area contributed by atoms with E-state index in [0.29, 0.717) is 19.3 Å². The Kier molecular flexibility index (Phi) is 52.2. The molecule has 6 nitrogen and oxygen atoms in total. The van der Waals surface area contributed by atoms with Crippen molar-refractivity contribution >= 4 is 17.9 Å². The van der Waals surface area contributed by atoms with Crippen molar-refractivity contribution < 1.29 is 28.6 Å². The van der Waals surface area contributed by atoms with Gasteiger partial charge in [-0.3, -0.25) is 14.4 Å². The third-order valence-electron chi connectivity index (χ3n) is 13.0. The molecule has 0 saturated heterocycles. The van der Waals surface area contributed by atoms with E-state index >= 15 is 0 Å². The van der Waals surface area contributed by atoms with Crippen LogP contribution in [-0.4, -0.2) is 37.2 Å². The maximum atomic E-state index is 12.7. The second-order valence-electron chi connectivity index (χ2n) is 19.6. The van der Waals surface area contributed by atoms with Crippen LogP contribution in [0.5, 0.6) is 0 Å². The first-order chi connectivity index (χ1) is 31.5. The van der Waals surface area contributed by atoms with Gasteiger partial charge in [0.15, 0.2) is 6.10 Å². The molecule has 0 aliphatic rings. The van der Waals surface area contributed by atoms with Crippen molar-refractivity contribution in [1.82, 2.24) is 0 Å². The molecule has 0 aromatic rings. The summed E-state index contributed by atoms with van der Waals surface area (Å²) in [7, 11) is 0. The largest absolute Gasteiger partial charge is 0.462 e. The minimum atomic E-state index is -0.765. The topological polar surface area (TPSA) is 78.9 Å². The Morgan fingerprint density at radius 3 is 0.828 bits per heavy atom. The van der Waals surface area contributed by atoms with E-state index < -0.39 is 6.10 Å². The van der Waals surface area contributed by atoms with E-state index in [1.807, 2.05) is 0 Å². The average Bonchev–Trinajstić information content (AvgIpc) is 3.29. The molecule has 0 saturated carbocycles. The molecule has 0 spiro atoms. The van der Waals surface area contributed by atoms with Crippen LogP contribution in [-0.2, 0) is 28.6 Å². The zero-order valence-electron chi connectivity index (χ0n) is 43.3. The normalized spacial score (nSPS) is 12.0. The van der Waals surface area contributed by atoms with Crippen molar-refractivity contribution in [2.24, 2.45) is 0 Å². The lowest BCUT2D eigenvalue weighted by Gasteiger charge is -2.18. The smallest absolute Gasteiger partial charge is 0.306 e. The predicted molar refractivity (Wildman–Crippen MR) is 275 cm³/mol. The molecule has 0 aliphatic carbocycles. The van der Waals surface area contributed by atoms with E-state index in [2.05, 4.69) is 32.9 Å². The average molecular weight is 904 g/mol. The summed E-state index contributed by atoms with van der Waals surface area (Å²) in [6.07, 6.45) is 61.4. The van der Waals surface area contributed by atoms with Crippen LogP contribution < -0.4 is 0 Å². The van der Waals surface area contributed by atoms with Crippen LogP contribution in [0.15, 0.2) is 12.2 Å². The summed E-state index contributed by atoms with van der Waals surface area (Å²) in [4.78, 5) is 37.6. The van der Waals surface area contributed by atoms with Gasteiger partial charge in [0.05, 0.1) is 0 Å². The first kappa shape index (κ1) is 62.1. The highest BCUT2D eigenvalue weighted by Gasteiger charge is 2.19. The minimum absolute atomic E-state index is 0.0697. The van der Waals surface area contributed by atoms with Crippen molar-refractivity contribution in [3.8, 4) is 0 Å². The molecule has 0 bridgehead atoms. The first-order valence-corrected chi connectivity index (χ1v) is 28.7. The van der Waals surface area contributed by atoms with Crippen LogP contribution in [0.4, 0.5) is 0 Å². The van der Waals surface area contributed by atoms with Gasteiger partial charge >= 0.3 is 17.9 Å². The quantitative estimate of drug-likeness (QED) is 0.0262. The van der Waals surface area contributed by atoms with E-state index in [1.165, 1.54) is 212 Å². The van der Waals surface area contributed by atoms with Crippen LogP contribution in [0.25, 0.3) is 0 Å². The molecular weight excluding hydrogens is 793 g/mol. The van der Waals surface area contributed by atoms with Gasteiger partial charge in [-0.15, -0.1) is 0 Å². The lowest BCUT2D eigenvalue weighted by molar-refractivity contribution is -0.167. The molecule has 0 aliphatic heterocycles. The van der Waals surface area contributed by atoms with E-state index in [1.54, 1.807) is 0 Å². The highest BCUT2D eigenvalue weighted by Crippen LogP contribution is 2.18. The molecule has 64 heavy (non-hydrogen) atoms. The molecule has 0 fully saturated rings. The third kappa shape index (κ3) is 51.1.